The summed E-state index contributed by atoms with van der Waals surface area (Å²) in [7, 11) is 1.99. The number of rotatable bonds is 5. The van der Waals surface area contributed by atoms with E-state index in [9.17, 15) is 19.7 Å². The number of primary amides is 1. The van der Waals surface area contributed by atoms with E-state index >= 15 is 0 Å². The third kappa shape index (κ3) is 3.82. The second kappa shape index (κ2) is 7.36. The molecular formula is C16H16N4O4S2. The van der Waals surface area contributed by atoms with E-state index in [1.807, 2.05) is 7.05 Å². The monoisotopic (exact) mass is 392 g/mol. The molecule has 10 heteroatoms. The van der Waals surface area contributed by atoms with Gasteiger partial charge in [-0.05, 0) is 31.2 Å². The minimum Gasteiger partial charge on any atom is -0.365 e. The van der Waals surface area contributed by atoms with Crippen molar-refractivity contribution in [1.29, 1.82) is 0 Å². The van der Waals surface area contributed by atoms with E-state index in [2.05, 4.69) is 10.2 Å². The standard InChI is InChI=1S/C16H16N4O4S2/c1-19-7-6-10-11(8-19)26-16(14(10)15(17)22)18-12(21)4-2-9-3-5-13(25-9)20(23)24/h2-5H,6-8H2,1H3,(H2,17,22)(H,18,21)/b4-2+. The van der Waals surface area contributed by atoms with E-state index in [0.717, 1.165) is 28.3 Å². The molecule has 0 aliphatic carbocycles. The van der Waals surface area contributed by atoms with Gasteiger partial charge >= 0.3 is 5.00 Å². The quantitative estimate of drug-likeness (QED) is 0.460. The third-order valence-corrected chi connectivity index (χ3v) is 6.06. The van der Waals surface area contributed by atoms with E-state index in [0.29, 0.717) is 28.4 Å². The summed E-state index contributed by atoms with van der Waals surface area (Å²) in [5.41, 5.74) is 6.80. The summed E-state index contributed by atoms with van der Waals surface area (Å²) in [6.45, 7) is 1.54. The van der Waals surface area contributed by atoms with Crippen molar-refractivity contribution in [1.82, 2.24) is 4.90 Å². The summed E-state index contributed by atoms with van der Waals surface area (Å²) in [4.78, 5) is 38.0. The van der Waals surface area contributed by atoms with Gasteiger partial charge in [-0.2, -0.15) is 0 Å². The molecule has 8 nitrogen and oxygen atoms in total. The van der Waals surface area contributed by atoms with Gasteiger partial charge in [-0.1, -0.05) is 11.3 Å². The first-order valence-corrected chi connectivity index (χ1v) is 9.34. The SMILES string of the molecule is CN1CCc2c(sc(NC(=O)/C=C/c3ccc([N+](=O)[O-])s3)c2C(N)=O)C1. The molecule has 3 rings (SSSR count). The van der Waals surface area contributed by atoms with Crippen LogP contribution in [0.5, 0.6) is 0 Å². The zero-order valence-corrected chi connectivity index (χ0v) is 15.5. The highest BCUT2D eigenvalue weighted by Crippen LogP contribution is 2.36. The lowest BCUT2D eigenvalue weighted by atomic mass is 10.0. The van der Waals surface area contributed by atoms with Crippen LogP contribution >= 0.6 is 22.7 Å². The van der Waals surface area contributed by atoms with Crippen LogP contribution in [0, 0.1) is 10.1 Å². The molecule has 1 aliphatic rings. The minimum atomic E-state index is -0.555. The van der Waals surface area contributed by atoms with Gasteiger partial charge in [-0.25, -0.2) is 0 Å². The molecule has 0 bridgehead atoms. The molecule has 2 aromatic heterocycles. The van der Waals surface area contributed by atoms with Crippen LogP contribution in [0.15, 0.2) is 18.2 Å². The smallest absolute Gasteiger partial charge is 0.324 e. The van der Waals surface area contributed by atoms with E-state index in [1.165, 1.54) is 29.6 Å². The predicted octanol–water partition coefficient (Wildman–Crippen LogP) is 2.46. The molecule has 0 fully saturated rings. The molecule has 0 spiro atoms. The predicted molar refractivity (Wildman–Crippen MR) is 102 cm³/mol. The minimum absolute atomic E-state index is 0.0103. The van der Waals surface area contributed by atoms with Crippen LogP contribution in [0.3, 0.4) is 0 Å². The zero-order valence-electron chi connectivity index (χ0n) is 13.9. The largest absolute Gasteiger partial charge is 0.365 e. The van der Waals surface area contributed by atoms with Crippen molar-refractivity contribution in [2.75, 3.05) is 18.9 Å². The Morgan fingerprint density at radius 2 is 2.15 bits per heavy atom. The molecule has 0 radical (unpaired) electrons. The maximum absolute atomic E-state index is 12.2. The summed E-state index contributed by atoms with van der Waals surface area (Å²) in [5, 5.41) is 13.8. The normalized spacial score (nSPS) is 14.3. The molecule has 26 heavy (non-hydrogen) atoms. The molecule has 0 unspecified atom stereocenters. The number of thiophene rings is 2. The molecule has 2 aromatic rings. The summed E-state index contributed by atoms with van der Waals surface area (Å²) in [5.74, 6) is -0.976. The number of carbonyl (C=O) groups is 2. The zero-order chi connectivity index (χ0) is 18.8. The van der Waals surface area contributed by atoms with Crippen molar-refractivity contribution in [3.05, 3.63) is 49.2 Å². The van der Waals surface area contributed by atoms with Gasteiger partial charge in [-0.15, -0.1) is 11.3 Å². The van der Waals surface area contributed by atoms with E-state index in [-0.39, 0.29) is 5.00 Å². The van der Waals surface area contributed by atoms with Crippen LogP contribution in [0.2, 0.25) is 0 Å². The van der Waals surface area contributed by atoms with Gasteiger partial charge in [0.15, 0.2) is 0 Å². The maximum Gasteiger partial charge on any atom is 0.324 e. The molecule has 3 N–H and O–H groups in total. The maximum atomic E-state index is 12.2. The van der Waals surface area contributed by atoms with E-state index in [1.54, 1.807) is 6.07 Å². The highest BCUT2D eigenvalue weighted by atomic mass is 32.1. The Morgan fingerprint density at radius 3 is 2.81 bits per heavy atom. The van der Waals surface area contributed by atoms with Gasteiger partial charge in [0.1, 0.15) is 5.00 Å². The lowest BCUT2D eigenvalue weighted by Gasteiger charge is -2.22. The highest BCUT2D eigenvalue weighted by Gasteiger charge is 2.26. The Bertz CT molecular complexity index is 915. The number of carbonyl (C=O) groups excluding carboxylic acids is 2. The number of amides is 2. The summed E-state index contributed by atoms with van der Waals surface area (Å²) in [6.07, 6.45) is 3.49. The third-order valence-electron chi connectivity index (χ3n) is 3.92. The lowest BCUT2D eigenvalue weighted by Crippen LogP contribution is -2.27. The number of nitro groups is 1. The first-order valence-electron chi connectivity index (χ1n) is 7.71. The fourth-order valence-electron chi connectivity index (χ4n) is 2.72. The molecule has 1 aliphatic heterocycles. The fourth-order valence-corrected chi connectivity index (χ4v) is 4.78. The fraction of sp³-hybridized carbons (Fsp3) is 0.250. The number of anilines is 1. The average molecular weight is 392 g/mol. The molecule has 3 heterocycles. The first-order chi connectivity index (χ1) is 12.3. The summed E-state index contributed by atoms with van der Waals surface area (Å²) < 4.78 is 0. The number of nitrogens with zero attached hydrogens (tertiary/aromatic N) is 2. The van der Waals surface area contributed by atoms with E-state index < -0.39 is 16.7 Å². The molecule has 0 atom stereocenters. The number of nitrogens with one attached hydrogen (secondary N) is 1. The molecule has 0 saturated heterocycles. The van der Waals surface area contributed by atoms with Crippen LogP contribution in [0.1, 0.15) is 25.7 Å². The number of fused-ring (bicyclic) bond motifs is 1. The average Bonchev–Trinajstić information content (AvgIpc) is 3.16. The van der Waals surface area contributed by atoms with Gasteiger partial charge in [-0.3, -0.25) is 19.7 Å². The van der Waals surface area contributed by atoms with Crippen LogP contribution in [0.25, 0.3) is 6.08 Å². The van der Waals surface area contributed by atoms with Crippen LogP contribution in [0.4, 0.5) is 10.0 Å². The summed E-state index contributed by atoms with van der Waals surface area (Å²) >= 11 is 2.33. The van der Waals surface area contributed by atoms with Crippen LogP contribution in [-0.2, 0) is 17.8 Å². The Labute approximate surface area is 157 Å². The highest BCUT2D eigenvalue weighted by molar-refractivity contribution is 7.17. The Kier molecular flexibility index (Phi) is 5.16. The molecular weight excluding hydrogens is 376 g/mol. The van der Waals surface area contributed by atoms with Crippen LogP contribution < -0.4 is 11.1 Å². The number of hydrogen-bond donors (Lipinski definition) is 2. The van der Waals surface area contributed by atoms with Gasteiger partial charge in [0, 0.05) is 35.0 Å². The van der Waals surface area contributed by atoms with Gasteiger partial charge in [0.2, 0.25) is 5.91 Å². The Balaban J connectivity index is 1.77. The van der Waals surface area contributed by atoms with Crippen molar-refractivity contribution in [2.45, 2.75) is 13.0 Å². The number of likely N-dealkylation sites (N-methyl/N-ethyl adjacent to an activating group) is 1. The van der Waals surface area contributed by atoms with Gasteiger partial charge in [0.25, 0.3) is 5.91 Å². The summed E-state index contributed by atoms with van der Waals surface area (Å²) in [6, 6.07) is 2.96. The molecule has 136 valence electrons. The molecule has 2 amide bonds. The van der Waals surface area contributed by atoms with Crippen molar-refractivity contribution >= 4 is 50.6 Å². The van der Waals surface area contributed by atoms with Gasteiger partial charge < -0.3 is 16.0 Å². The van der Waals surface area contributed by atoms with E-state index in [4.69, 9.17) is 5.73 Å². The Hall–Kier alpha value is -2.56. The number of nitrogens with two attached hydrogens (primary N) is 1. The topological polar surface area (TPSA) is 119 Å². The molecule has 0 aromatic carbocycles. The Morgan fingerprint density at radius 1 is 1.38 bits per heavy atom. The van der Waals surface area contributed by atoms with Crippen LogP contribution in [-0.4, -0.2) is 35.2 Å². The van der Waals surface area contributed by atoms with Crippen molar-refractivity contribution in [3.8, 4) is 0 Å². The van der Waals surface area contributed by atoms with Crippen molar-refractivity contribution in [3.63, 3.8) is 0 Å². The molecule has 0 saturated carbocycles. The van der Waals surface area contributed by atoms with Gasteiger partial charge in [0.05, 0.1) is 10.5 Å². The van der Waals surface area contributed by atoms with Crippen molar-refractivity contribution in [2.24, 2.45) is 5.73 Å². The second-order valence-corrected chi connectivity index (χ2v) is 8.01. The second-order valence-electron chi connectivity index (χ2n) is 5.82. The number of hydrogen-bond acceptors (Lipinski definition) is 7. The van der Waals surface area contributed by atoms with Crippen molar-refractivity contribution < 1.29 is 14.5 Å². The first kappa shape index (κ1) is 18.2. The lowest BCUT2D eigenvalue weighted by molar-refractivity contribution is -0.380.